The number of fused-ring (bicyclic) bond motifs is 6. The molecule has 0 radical (unpaired) electrons. The first-order valence-electron chi connectivity index (χ1n) is 24.6. The number of hydrogen-bond acceptors (Lipinski definition) is 9. The van der Waals surface area contributed by atoms with Crippen molar-refractivity contribution in [2.45, 2.75) is 33.9 Å². The van der Waals surface area contributed by atoms with E-state index < -0.39 is 11.7 Å². The number of hydrogen-bond donors (Lipinski definition) is 0. The molecule has 0 aliphatic heterocycles. The molecule has 5 heterocycles. The summed E-state index contributed by atoms with van der Waals surface area (Å²) in [4.78, 5) is 42.5. The van der Waals surface area contributed by atoms with Crippen LogP contribution >= 0.6 is 0 Å². The van der Waals surface area contributed by atoms with Crippen molar-refractivity contribution in [3.63, 3.8) is 0 Å². The molecule has 366 valence electrons. The van der Waals surface area contributed by atoms with E-state index in [1.54, 1.807) is 12.1 Å². The molecule has 14 heteroatoms. The van der Waals surface area contributed by atoms with E-state index in [1.165, 1.54) is 6.07 Å². The Labute approximate surface area is 433 Å². The Morgan fingerprint density at radius 1 is 0.316 bits per heavy atom. The highest BCUT2D eigenvalue weighted by Crippen LogP contribution is 2.47. The van der Waals surface area contributed by atoms with Gasteiger partial charge in [0.2, 0.25) is 0 Å². The van der Waals surface area contributed by atoms with Gasteiger partial charge in [-0.15, -0.1) is 0 Å². The number of para-hydroxylation sites is 2. The molecule has 0 bridgehead atoms. The second kappa shape index (κ2) is 18.0. The molecular formula is C62H42F3N11. The zero-order valence-electron chi connectivity index (χ0n) is 41.4. The molecule has 5 aromatic heterocycles. The summed E-state index contributed by atoms with van der Waals surface area (Å²) in [6, 6.07) is 56.6. The number of rotatable bonds is 8. The molecule has 0 fully saturated rings. The molecule has 0 saturated heterocycles. The Balaban J connectivity index is 1.13. The maximum Gasteiger partial charge on any atom is 0.417 e. The first kappa shape index (κ1) is 46.0. The first-order valence-corrected chi connectivity index (χ1v) is 24.6. The van der Waals surface area contributed by atoms with Gasteiger partial charge in [-0.05, 0) is 107 Å². The van der Waals surface area contributed by atoms with Crippen molar-refractivity contribution in [3.05, 3.63) is 211 Å². The van der Waals surface area contributed by atoms with Gasteiger partial charge < -0.3 is 9.13 Å². The highest BCUT2D eigenvalue weighted by molar-refractivity contribution is 6.13. The molecule has 13 aromatic rings. The molecule has 0 aliphatic carbocycles. The van der Waals surface area contributed by atoms with Gasteiger partial charge in [0.15, 0.2) is 29.1 Å². The Morgan fingerprint density at radius 2 is 0.711 bits per heavy atom. The van der Waals surface area contributed by atoms with Crippen molar-refractivity contribution in [3.8, 4) is 79.4 Å². The number of halogens is 3. The zero-order valence-corrected chi connectivity index (χ0v) is 41.4. The van der Waals surface area contributed by atoms with Crippen LogP contribution in [-0.4, -0.2) is 54.0 Å². The van der Waals surface area contributed by atoms with Crippen LogP contribution in [0.15, 0.2) is 182 Å². The van der Waals surface area contributed by atoms with E-state index in [0.29, 0.717) is 74.6 Å². The summed E-state index contributed by atoms with van der Waals surface area (Å²) in [5.74, 6) is 4.50. The molecule has 11 nitrogen and oxygen atoms in total. The fraction of sp³-hybridized carbons (Fsp3) is 0.0806. The Bertz CT molecular complexity index is 4360. The molecule has 0 unspecified atom stereocenters. The second-order valence-corrected chi connectivity index (χ2v) is 18.6. The lowest BCUT2D eigenvalue weighted by atomic mass is 9.93. The van der Waals surface area contributed by atoms with Gasteiger partial charge >= 0.3 is 6.18 Å². The second-order valence-electron chi connectivity index (χ2n) is 18.6. The van der Waals surface area contributed by atoms with E-state index in [9.17, 15) is 0 Å². The fourth-order valence-corrected chi connectivity index (χ4v) is 10.5. The molecule has 0 aliphatic rings. The maximum absolute atomic E-state index is 16.4. The van der Waals surface area contributed by atoms with E-state index in [2.05, 4.69) is 29.9 Å². The van der Waals surface area contributed by atoms with E-state index in [1.807, 2.05) is 195 Å². The van der Waals surface area contributed by atoms with E-state index in [4.69, 9.17) is 15.0 Å². The Hall–Kier alpha value is -9.82. The molecule has 0 amide bonds. The SMILES string of the molecule is Cc1nc(C)nc(-c2ccc3c(c2)c2ccccc2n3-c2ccc(-c3nc(-c4ccccc4)nc(-c4ccccc4)n3)cc2-c2c(-n3c4ccccc4c4cc(-c5nc(C)nc(C)n5)ccc43)cccc2C(F)(F)F)n1. The summed E-state index contributed by atoms with van der Waals surface area (Å²) in [5, 5.41) is 3.41. The molecule has 0 spiro atoms. The van der Waals surface area contributed by atoms with Crippen LogP contribution in [0.5, 0.6) is 0 Å². The van der Waals surface area contributed by atoms with Gasteiger partial charge in [0, 0.05) is 60.5 Å². The minimum Gasteiger partial charge on any atom is -0.309 e. The zero-order chi connectivity index (χ0) is 51.8. The topological polar surface area (TPSA) is 126 Å². The van der Waals surface area contributed by atoms with Crippen LogP contribution in [0.2, 0.25) is 0 Å². The molecule has 8 aromatic carbocycles. The molecule has 0 N–H and O–H groups in total. The van der Waals surface area contributed by atoms with E-state index in [0.717, 1.165) is 60.9 Å². The summed E-state index contributed by atoms with van der Waals surface area (Å²) < 4.78 is 53.0. The van der Waals surface area contributed by atoms with Crippen LogP contribution in [0.1, 0.15) is 28.9 Å². The summed E-state index contributed by atoms with van der Waals surface area (Å²) in [6.07, 6.45) is -4.82. The average Bonchev–Trinajstić information content (AvgIpc) is 3.97. The van der Waals surface area contributed by atoms with Crippen molar-refractivity contribution in [1.29, 1.82) is 0 Å². The van der Waals surface area contributed by atoms with Crippen molar-refractivity contribution in [2.24, 2.45) is 0 Å². The van der Waals surface area contributed by atoms with Crippen LogP contribution in [0.25, 0.3) is 123 Å². The fourth-order valence-electron chi connectivity index (χ4n) is 10.5. The van der Waals surface area contributed by atoms with Crippen LogP contribution < -0.4 is 0 Å². The van der Waals surface area contributed by atoms with Gasteiger partial charge in [0.05, 0.1) is 39.0 Å². The Morgan fingerprint density at radius 3 is 1.20 bits per heavy atom. The van der Waals surface area contributed by atoms with Gasteiger partial charge in [-0.25, -0.2) is 44.9 Å². The normalized spacial score (nSPS) is 11.9. The lowest BCUT2D eigenvalue weighted by Gasteiger charge is -2.23. The molecule has 76 heavy (non-hydrogen) atoms. The van der Waals surface area contributed by atoms with Crippen molar-refractivity contribution in [1.82, 2.24) is 54.0 Å². The van der Waals surface area contributed by atoms with Gasteiger partial charge in [0.25, 0.3) is 0 Å². The molecule has 13 rings (SSSR count). The number of aryl methyl sites for hydroxylation is 4. The van der Waals surface area contributed by atoms with Gasteiger partial charge in [-0.3, -0.25) is 0 Å². The molecule has 0 atom stereocenters. The number of benzene rings is 8. The van der Waals surface area contributed by atoms with Gasteiger partial charge in [-0.2, -0.15) is 13.2 Å². The highest BCUT2D eigenvalue weighted by atomic mass is 19.4. The van der Waals surface area contributed by atoms with Crippen LogP contribution in [-0.2, 0) is 6.18 Å². The third-order valence-corrected chi connectivity index (χ3v) is 13.6. The Kier molecular flexibility index (Phi) is 10.9. The maximum atomic E-state index is 16.4. The largest absolute Gasteiger partial charge is 0.417 e. The van der Waals surface area contributed by atoms with Gasteiger partial charge in [0.1, 0.15) is 23.3 Å². The minimum atomic E-state index is -4.82. The smallest absolute Gasteiger partial charge is 0.309 e. The average molecular weight is 998 g/mol. The standard InChI is InChI=1S/C62H42F3N11/c1-35-66-36(2)69-59(68-35)41-26-29-52-46(32-41)44-20-11-13-23-50(44)75(52)54-31-28-43(61-73-57(39-16-7-5-8-17-39)72-58(74-61)40-18-9-6-10-19-40)34-48(54)56-49(62(63,64)65)22-15-25-55(56)76-51-24-14-12-21-45(51)47-33-42(27-30-53(47)76)60-70-37(3)67-38(4)71-60/h5-34H,1-4H3. The monoisotopic (exact) mass is 997 g/mol. The van der Waals surface area contributed by atoms with Crippen LogP contribution in [0.4, 0.5) is 13.2 Å². The van der Waals surface area contributed by atoms with Crippen LogP contribution in [0, 0.1) is 27.7 Å². The number of nitrogens with zero attached hydrogens (tertiary/aromatic N) is 11. The first-order chi connectivity index (χ1) is 36.9. The highest BCUT2D eigenvalue weighted by Gasteiger charge is 2.37. The van der Waals surface area contributed by atoms with Crippen LogP contribution in [0.3, 0.4) is 0 Å². The number of alkyl halides is 3. The van der Waals surface area contributed by atoms with Gasteiger partial charge in [-0.1, -0.05) is 103 Å². The van der Waals surface area contributed by atoms with Crippen molar-refractivity contribution >= 4 is 43.6 Å². The van der Waals surface area contributed by atoms with E-state index >= 15 is 13.2 Å². The van der Waals surface area contributed by atoms with Crippen molar-refractivity contribution in [2.75, 3.05) is 0 Å². The predicted molar refractivity (Wildman–Crippen MR) is 292 cm³/mol. The van der Waals surface area contributed by atoms with E-state index in [-0.39, 0.29) is 17.0 Å². The summed E-state index contributed by atoms with van der Waals surface area (Å²) in [5.41, 5.74) is 6.70. The number of aromatic nitrogens is 11. The quantitative estimate of drug-likeness (QED) is 0.146. The molecule has 0 saturated carbocycles. The predicted octanol–water partition coefficient (Wildman–Crippen LogP) is 14.7. The minimum absolute atomic E-state index is 0.0402. The van der Waals surface area contributed by atoms with Crippen molar-refractivity contribution < 1.29 is 13.2 Å². The lowest BCUT2D eigenvalue weighted by molar-refractivity contribution is -0.137. The third kappa shape index (κ3) is 7.98. The summed E-state index contributed by atoms with van der Waals surface area (Å²) in [6.45, 7) is 7.31. The third-order valence-electron chi connectivity index (χ3n) is 13.6. The summed E-state index contributed by atoms with van der Waals surface area (Å²) >= 11 is 0. The lowest BCUT2D eigenvalue weighted by Crippen LogP contribution is -2.11. The summed E-state index contributed by atoms with van der Waals surface area (Å²) in [7, 11) is 0. The molecular weight excluding hydrogens is 956 g/mol.